The Labute approximate surface area is 217 Å². The third kappa shape index (κ3) is 8.56. The zero-order chi connectivity index (χ0) is 29.2. The molecule has 1 aliphatic heterocycles. The molecule has 0 saturated carbocycles. The summed E-state index contributed by atoms with van der Waals surface area (Å²) in [7, 11) is -16.9. The summed E-state index contributed by atoms with van der Waals surface area (Å²) in [4.78, 5) is 79.3. The normalized spacial score (nSPS) is 22.7. The number of ether oxygens (including phenoxy) is 2. The summed E-state index contributed by atoms with van der Waals surface area (Å²) in [5.41, 5.74) is 4.36. The topological polar surface area (TPSA) is 289 Å². The van der Waals surface area contributed by atoms with Gasteiger partial charge in [-0.15, -0.1) is 0 Å². The maximum atomic E-state index is 12.8. The molecule has 5 atom stereocenters. The number of pyridine rings is 1. The molecule has 1 aliphatic rings. The Morgan fingerprint density at radius 1 is 1.21 bits per heavy atom. The van der Waals surface area contributed by atoms with E-state index >= 15 is 0 Å². The second-order valence-electron chi connectivity index (χ2n) is 7.88. The zero-order valence-electron chi connectivity index (χ0n) is 19.8. The van der Waals surface area contributed by atoms with E-state index in [1.54, 1.807) is 0 Å². The van der Waals surface area contributed by atoms with Gasteiger partial charge in [0.2, 0.25) is 0 Å². The van der Waals surface area contributed by atoms with Crippen molar-refractivity contribution in [1.29, 1.82) is 0 Å². The van der Waals surface area contributed by atoms with Gasteiger partial charge in [0.25, 0.3) is 5.56 Å². The third-order valence-electron chi connectivity index (χ3n) is 5.02. The van der Waals surface area contributed by atoms with Crippen molar-refractivity contribution in [3.8, 4) is 0 Å². The number of H-pyrrole nitrogens is 1. The molecule has 2 aromatic rings. The number of hydrogen-bond acceptors (Lipinski definition) is 13. The minimum atomic E-state index is -5.79. The van der Waals surface area contributed by atoms with Crippen LogP contribution in [-0.2, 0) is 42.9 Å². The van der Waals surface area contributed by atoms with Crippen LogP contribution in [0.3, 0.4) is 0 Å². The summed E-state index contributed by atoms with van der Waals surface area (Å²) in [5.74, 6) is -0.925. The van der Waals surface area contributed by atoms with E-state index in [4.69, 9.17) is 25.0 Å². The fourth-order valence-corrected chi connectivity index (χ4v) is 6.43. The van der Waals surface area contributed by atoms with Gasteiger partial charge in [-0.1, -0.05) is 0 Å². The summed E-state index contributed by atoms with van der Waals surface area (Å²) in [5, 5.41) is 0. The van der Waals surface area contributed by atoms with E-state index in [2.05, 4.69) is 23.1 Å². The van der Waals surface area contributed by atoms with Crippen LogP contribution in [0.5, 0.6) is 0 Å². The van der Waals surface area contributed by atoms with E-state index in [1.807, 2.05) is 0 Å². The van der Waals surface area contributed by atoms with Gasteiger partial charge >= 0.3 is 35.1 Å². The molecule has 1 saturated heterocycles. The smallest absolute Gasteiger partial charge is 0.456 e. The second kappa shape index (κ2) is 12.0. The Hall–Kier alpha value is -2.37. The molecule has 22 heteroatoms. The summed E-state index contributed by atoms with van der Waals surface area (Å²) in [6, 6.07) is 2.82. The van der Waals surface area contributed by atoms with Gasteiger partial charge in [0.05, 0.1) is 17.9 Å². The molecule has 0 amide bonds. The highest BCUT2D eigenvalue weighted by molar-refractivity contribution is 7.66. The highest BCUT2D eigenvalue weighted by Crippen LogP contribution is 2.66. The average Bonchev–Trinajstić information content (AvgIpc) is 3.20. The van der Waals surface area contributed by atoms with Crippen molar-refractivity contribution in [2.75, 3.05) is 6.61 Å². The summed E-state index contributed by atoms with van der Waals surface area (Å²) in [6.45, 7) is 0.327. The van der Waals surface area contributed by atoms with E-state index in [-0.39, 0.29) is 29.8 Å². The Kier molecular flexibility index (Phi) is 9.60. The van der Waals surface area contributed by atoms with E-state index in [9.17, 15) is 37.9 Å². The number of aryl methyl sites for hydroxylation is 1. The average molecular weight is 616 g/mol. The van der Waals surface area contributed by atoms with Gasteiger partial charge in [0.15, 0.2) is 0 Å². The molecule has 3 rings (SSSR count). The van der Waals surface area contributed by atoms with Crippen LogP contribution in [0.2, 0.25) is 0 Å². The van der Waals surface area contributed by atoms with E-state index in [0.29, 0.717) is 0 Å². The van der Waals surface area contributed by atoms with Gasteiger partial charge in [-0.2, -0.15) is 8.62 Å². The van der Waals surface area contributed by atoms with Crippen LogP contribution in [-0.4, -0.2) is 58.9 Å². The van der Waals surface area contributed by atoms with Crippen molar-refractivity contribution < 1.29 is 60.7 Å². The largest absolute Gasteiger partial charge is 0.490 e. The molecule has 0 bridgehead atoms. The molecule has 3 unspecified atom stereocenters. The van der Waals surface area contributed by atoms with Gasteiger partial charge in [-0.05, 0) is 19.1 Å². The summed E-state index contributed by atoms with van der Waals surface area (Å²) < 4.78 is 58.5. The lowest BCUT2D eigenvalue weighted by Crippen LogP contribution is -2.33. The first kappa shape index (κ1) is 31.2. The number of phosphoric ester groups is 1. The first-order valence-electron chi connectivity index (χ1n) is 10.6. The molecule has 0 radical (unpaired) electrons. The number of nitrogens with one attached hydrogen (secondary N) is 1. The van der Waals surface area contributed by atoms with Gasteiger partial charge in [0.1, 0.15) is 18.4 Å². The fourth-order valence-electron chi connectivity index (χ4n) is 3.40. The van der Waals surface area contributed by atoms with Gasteiger partial charge in [-0.3, -0.25) is 23.9 Å². The standard InChI is InChI=1S/C17H23N4O15P3/c1-9-7-21(17(24)20-15(9)22)14-5-12(34-16(23)10-3-2-4-19-11(10)6-18)13(33-14)8-32-38(28,29)36-39(30,31)35-37(25,26)27/h2-4,7,12-14H,5-6,8,18H2,1H3,(H,28,29)(H,30,31)(H,20,22,24)(H2,25,26,27)/t12-,13?,14-/m1/s1. The molecule has 19 nitrogen and oxygen atoms in total. The number of phosphoric acid groups is 3. The molecular weight excluding hydrogens is 593 g/mol. The van der Waals surface area contributed by atoms with E-state index in [1.165, 1.54) is 31.5 Å². The lowest BCUT2D eigenvalue weighted by Gasteiger charge is -2.21. The minimum absolute atomic E-state index is 0.00728. The first-order chi connectivity index (χ1) is 18.0. The molecule has 0 aliphatic carbocycles. The van der Waals surface area contributed by atoms with Crippen molar-refractivity contribution in [1.82, 2.24) is 14.5 Å². The molecular formula is C17H23N4O15P3. The molecule has 0 spiro atoms. The first-order valence-corrected chi connectivity index (χ1v) is 15.1. The van der Waals surface area contributed by atoms with Crippen molar-refractivity contribution in [3.05, 3.63) is 62.2 Å². The number of hydrogen-bond donors (Lipinski definition) is 6. The quantitative estimate of drug-likeness (QED) is 0.138. The van der Waals surface area contributed by atoms with Gasteiger partial charge < -0.3 is 34.8 Å². The summed E-state index contributed by atoms with van der Waals surface area (Å²) in [6.07, 6.45) is -1.56. The molecule has 7 N–H and O–H groups in total. The van der Waals surface area contributed by atoms with Crippen molar-refractivity contribution in [2.24, 2.45) is 5.73 Å². The zero-order valence-corrected chi connectivity index (χ0v) is 22.4. The SMILES string of the molecule is Cc1cn([C@H]2C[C@@H](OC(=O)c3cccnc3CN)C(COP(=O)(O)OP(=O)(O)OP(=O)(O)O)O2)c(=O)[nH]c1=O. The fraction of sp³-hybridized carbons (Fsp3) is 0.412. The number of carbonyl (C=O) groups is 1. The van der Waals surface area contributed by atoms with Crippen LogP contribution in [0.4, 0.5) is 0 Å². The molecule has 1 fully saturated rings. The Bertz CT molecular complexity index is 1490. The Morgan fingerprint density at radius 3 is 2.54 bits per heavy atom. The lowest BCUT2D eigenvalue weighted by molar-refractivity contribution is -0.0512. The minimum Gasteiger partial charge on any atom is -0.456 e. The van der Waals surface area contributed by atoms with Crippen molar-refractivity contribution in [3.63, 3.8) is 0 Å². The molecule has 39 heavy (non-hydrogen) atoms. The van der Waals surface area contributed by atoms with E-state index < -0.39 is 65.7 Å². The second-order valence-corrected chi connectivity index (χ2v) is 12.3. The van der Waals surface area contributed by atoms with Crippen molar-refractivity contribution in [2.45, 2.75) is 38.3 Å². The lowest BCUT2D eigenvalue weighted by atomic mass is 10.1. The number of esters is 1. The van der Waals surface area contributed by atoms with Crippen LogP contribution in [0.25, 0.3) is 0 Å². The number of rotatable bonds is 11. The number of nitrogens with two attached hydrogens (primary N) is 1. The Balaban J connectivity index is 1.83. The Morgan fingerprint density at radius 2 is 1.90 bits per heavy atom. The van der Waals surface area contributed by atoms with Crippen LogP contribution >= 0.6 is 23.5 Å². The highest BCUT2D eigenvalue weighted by atomic mass is 31.3. The number of aromatic nitrogens is 3. The summed E-state index contributed by atoms with van der Waals surface area (Å²) >= 11 is 0. The maximum Gasteiger partial charge on any atom is 0.490 e. The third-order valence-corrected chi connectivity index (χ3v) is 8.82. The van der Waals surface area contributed by atoms with E-state index in [0.717, 1.165) is 4.57 Å². The molecule has 0 aromatic carbocycles. The van der Waals surface area contributed by atoms with Gasteiger partial charge in [-0.25, -0.2) is 23.3 Å². The number of aromatic amines is 1. The molecule has 2 aromatic heterocycles. The molecule has 3 heterocycles. The maximum absolute atomic E-state index is 12.8. The van der Waals surface area contributed by atoms with Crippen LogP contribution in [0.15, 0.2) is 34.1 Å². The predicted molar refractivity (Wildman–Crippen MR) is 126 cm³/mol. The number of carbonyl (C=O) groups excluding carboxylic acids is 1. The van der Waals surface area contributed by atoms with Crippen molar-refractivity contribution >= 4 is 29.4 Å². The van der Waals surface area contributed by atoms with Gasteiger partial charge in [0, 0.05) is 30.9 Å². The highest BCUT2D eigenvalue weighted by Gasteiger charge is 2.44. The monoisotopic (exact) mass is 616 g/mol. The number of nitrogens with zero attached hydrogens (tertiary/aromatic N) is 2. The predicted octanol–water partition coefficient (Wildman–Crippen LogP) is -0.445. The van der Waals surface area contributed by atoms with Crippen LogP contribution in [0, 0.1) is 6.92 Å². The van der Waals surface area contributed by atoms with Crippen LogP contribution < -0.4 is 17.0 Å². The molecule has 216 valence electrons. The van der Waals surface area contributed by atoms with Crippen LogP contribution in [0.1, 0.15) is 34.3 Å².